The Kier molecular flexibility index (Phi) is 8.38. The molecule has 1 aromatic carbocycles. The topological polar surface area (TPSA) is 98.5 Å². The maximum Gasteiger partial charge on any atom is 0.416 e. The molecule has 0 saturated carbocycles. The Morgan fingerprint density at radius 3 is 1.75 bits per heavy atom. The SMILES string of the molecule is CN(C)/C=C(\C=[N+](C)C)c1ccc(C(F)(F)F)cc1.[O-][Cl+3]([O-])([O-])[O-]. The Morgan fingerprint density at radius 1 is 1.04 bits per heavy atom. The largest absolute Gasteiger partial charge is 0.416 e. The van der Waals surface area contributed by atoms with Gasteiger partial charge in [0.15, 0.2) is 6.21 Å². The zero-order chi connectivity index (χ0) is 19.1. The second kappa shape index (κ2) is 9.00. The van der Waals surface area contributed by atoms with Crippen molar-refractivity contribution in [2.24, 2.45) is 0 Å². The maximum absolute atomic E-state index is 12.5. The van der Waals surface area contributed by atoms with Gasteiger partial charge in [-0.15, -0.1) is 10.2 Å². The van der Waals surface area contributed by atoms with Crippen LogP contribution in [-0.4, -0.2) is 43.9 Å². The monoisotopic (exact) mass is 370 g/mol. The molecule has 24 heavy (non-hydrogen) atoms. The van der Waals surface area contributed by atoms with E-state index in [1.165, 1.54) is 12.1 Å². The molecule has 136 valence electrons. The summed E-state index contributed by atoms with van der Waals surface area (Å²) in [6, 6.07) is 5.17. The Balaban J connectivity index is 0.000000922. The molecule has 0 saturated heterocycles. The van der Waals surface area contributed by atoms with E-state index in [2.05, 4.69) is 0 Å². The summed E-state index contributed by atoms with van der Waals surface area (Å²) in [5.41, 5.74) is 0.962. The Morgan fingerprint density at radius 2 is 1.46 bits per heavy atom. The van der Waals surface area contributed by atoms with Crippen LogP contribution in [0.3, 0.4) is 0 Å². The van der Waals surface area contributed by atoms with E-state index < -0.39 is 22.0 Å². The molecule has 0 amide bonds. The molecule has 0 unspecified atom stereocenters. The summed E-state index contributed by atoms with van der Waals surface area (Å²) in [6.45, 7) is 0. The minimum absolute atomic E-state index is 0.634. The lowest BCUT2D eigenvalue weighted by atomic mass is 10.1. The van der Waals surface area contributed by atoms with Gasteiger partial charge in [0.1, 0.15) is 14.1 Å². The lowest BCUT2D eigenvalue weighted by Crippen LogP contribution is -2.68. The van der Waals surface area contributed by atoms with Gasteiger partial charge in [-0.3, -0.25) is 0 Å². The Labute approximate surface area is 140 Å². The molecule has 0 fully saturated rings. The van der Waals surface area contributed by atoms with Crippen LogP contribution in [0, 0.1) is 10.2 Å². The van der Waals surface area contributed by atoms with E-state index >= 15 is 0 Å². The fraction of sp³-hybridized carbons (Fsp3) is 0.357. The van der Waals surface area contributed by atoms with E-state index in [1.807, 2.05) is 50.1 Å². The summed E-state index contributed by atoms with van der Waals surface area (Å²) in [5.74, 6) is 0. The van der Waals surface area contributed by atoms with E-state index in [0.29, 0.717) is 0 Å². The van der Waals surface area contributed by atoms with Crippen LogP contribution in [0.25, 0.3) is 5.57 Å². The third-order valence-electron chi connectivity index (χ3n) is 2.34. The van der Waals surface area contributed by atoms with Crippen molar-refractivity contribution in [3.8, 4) is 0 Å². The standard InChI is InChI=1S/C14H18F3N2.ClHO4/c1-18(2)9-12(10-19(3)4)11-5-7-13(8-6-11)14(15,16)17;2-1(3,4)5/h5-10H,1-4H3;(H,2,3,4,5)/q+1;/p-1. The number of benzene rings is 1. The average molecular weight is 371 g/mol. The van der Waals surface area contributed by atoms with Gasteiger partial charge in [-0.25, -0.2) is 23.2 Å². The molecule has 0 aromatic heterocycles. The summed E-state index contributed by atoms with van der Waals surface area (Å²) in [5, 5.41) is 0. The van der Waals surface area contributed by atoms with Crippen LogP contribution < -0.4 is 18.6 Å². The number of nitrogens with zero attached hydrogens (tertiary/aromatic N) is 2. The van der Waals surface area contributed by atoms with Crippen molar-refractivity contribution >= 4 is 11.8 Å². The van der Waals surface area contributed by atoms with E-state index in [-0.39, 0.29) is 0 Å². The molecule has 0 aliphatic carbocycles. The van der Waals surface area contributed by atoms with Crippen molar-refractivity contribution in [2.75, 3.05) is 28.2 Å². The van der Waals surface area contributed by atoms with Crippen molar-refractivity contribution in [2.45, 2.75) is 6.18 Å². The highest BCUT2D eigenvalue weighted by atomic mass is 35.7. The molecule has 0 atom stereocenters. The Bertz CT molecular complexity index is 569. The molecule has 6 nitrogen and oxygen atoms in total. The number of alkyl halides is 3. The van der Waals surface area contributed by atoms with Crippen molar-refractivity contribution < 1.29 is 46.6 Å². The summed E-state index contributed by atoms with van der Waals surface area (Å²) >= 11 is 0. The van der Waals surface area contributed by atoms with E-state index in [0.717, 1.165) is 23.3 Å². The lowest BCUT2D eigenvalue weighted by Gasteiger charge is -2.17. The van der Waals surface area contributed by atoms with Crippen molar-refractivity contribution in [1.82, 2.24) is 4.90 Å². The van der Waals surface area contributed by atoms with Crippen LogP contribution in [0.2, 0.25) is 0 Å². The normalized spacial score (nSPS) is 12.2. The number of halogens is 4. The van der Waals surface area contributed by atoms with Crippen LogP contribution in [0.4, 0.5) is 13.2 Å². The Hall–Kier alpha value is -1.65. The first-order valence-corrected chi connectivity index (χ1v) is 7.62. The average Bonchev–Trinajstić information content (AvgIpc) is 2.34. The molecule has 0 bridgehead atoms. The predicted octanol–water partition coefficient (Wildman–Crippen LogP) is -1.81. The highest BCUT2D eigenvalue weighted by molar-refractivity contribution is 6.07. The second-order valence-corrected chi connectivity index (χ2v) is 5.85. The highest BCUT2D eigenvalue weighted by Gasteiger charge is 2.30. The van der Waals surface area contributed by atoms with Crippen LogP contribution in [0.1, 0.15) is 11.1 Å². The van der Waals surface area contributed by atoms with Crippen LogP contribution in [0.5, 0.6) is 0 Å². The molecule has 0 aliphatic heterocycles. The van der Waals surface area contributed by atoms with Gasteiger partial charge >= 0.3 is 6.18 Å². The van der Waals surface area contributed by atoms with E-state index in [9.17, 15) is 13.2 Å². The van der Waals surface area contributed by atoms with Crippen LogP contribution in [-0.2, 0) is 6.18 Å². The quantitative estimate of drug-likeness (QED) is 0.461. The molecule has 0 heterocycles. The van der Waals surface area contributed by atoms with Crippen molar-refractivity contribution in [3.63, 3.8) is 0 Å². The third-order valence-corrected chi connectivity index (χ3v) is 2.34. The maximum atomic E-state index is 12.5. The number of hydrogen-bond donors (Lipinski definition) is 0. The minimum atomic E-state index is -4.94. The molecule has 0 radical (unpaired) electrons. The van der Waals surface area contributed by atoms with Gasteiger partial charge in [0.05, 0.1) is 11.1 Å². The van der Waals surface area contributed by atoms with Gasteiger partial charge in [0.25, 0.3) is 0 Å². The van der Waals surface area contributed by atoms with Crippen molar-refractivity contribution in [3.05, 3.63) is 41.6 Å². The van der Waals surface area contributed by atoms with Gasteiger partial charge in [0, 0.05) is 20.3 Å². The minimum Gasteiger partial charge on any atom is -0.383 e. The third kappa shape index (κ3) is 11.0. The van der Waals surface area contributed by atoms with Crippen LogP contribution in [0.15, 0.2) is 30.5 Å². The zero-order valence-electron chi connectivity index (χ0n) is 13.5. The molecule has 0 spiro atoms. The van der Waals surface area contributed by atoms with Gasteiger partial charge in [-0.2, -0.15) is 13.2 Å². The first-order valence-electron chi connectivity index (χ1n) is 6.39. The molecule has 0 aliphatic rings. The smallest absolute Gasteiger partial charge is 0.383 e. The first kappa shape index (κ1) is 22.4. The van der Waals surface area contributed by atoms with Crippen molar-refractivity contribution in [1.29, 1.82) is 0 Å². The van der Waals surface area contributed by atoms with Gasteiger partial charge in [-0.1, -0.05) is 12.1 Å². The fourth-order valence-corrected chi connectivity index (χ4v) is 1.59. The highest BCUT2D eigenvalue weighted by Crippen LogP contribution is 2.29. The predicted molar refractivity (Wildman–Crippen MR) is 71.3 cm³/mol. The number of hydrogen-bond acceptors (Lipinski definition) is 5. The zero-order valence-corrected chi connectivity index (χ0v) is 14.3. The van der Waals surface area contributed by atoms with E-state index in [4.69, 9.17) is 18.6 Å². The fourth-order valence-electron chi connectivity index (χ4n) is 1.59. The second-order valence-electron chi connectivity index (χ2n) is 5.09. The summed E-state index contributed by atoms with van der Waals surface area (Å²) in [6.07, 6.45) is -0.569. The summed E-state index contributed by atoms with van der Waals surface area (Å²) < 4.78 is 73.3. The molecule has 10 heteroatoms. The molecular weight excluding hydrogens is 353 g/mol. The lowest BCUT2D eigenvalue weighted by molar-refractivity contribution is -2.00. The van der Waals surface area contributed by atoms with E-state index in [1.54, 1.807) is 0 Å². The van der Waals surface area contributed by atoms with Crippen LogP contribution >= 0.6 is 0 Å². The number of rotatable bonds is 3. The van der Waals surface area contributed by atoms with Gasteiger partial charge in [0.2, 0.25) is 0 Å². The molecule has 1 rings (SSSR count). The molecule has 0 N–H and O–H groups in total. The molecular formula is C14H18ClF3N2O4. The number of allylic oxidation sites excluding steroid dienone is 1. The van der Waals surface area contributed by atoms with Gasteiger partial charge < -0.3 is 4.90 Å². The first-order chi connectivity index (χ1) is 10.7. The summed E-state index contributed by atoms with van der Waals surface area (Å²) in [4.78, 5) is 1.85. The summed E-state index contributed by atoms with van der Waals surface area (Å²) in [7, 11) is 2.53. The van der Waals surface area contributed by atoms with Gasteiger partial charge in [-0.05, 0) is 17.7 Å². The molecule has 1 aromatic rings.